The van der Waals surface area contributed by atoms with Crippen molar-refractivity contribution in [2.24, 2.45) is 0 Å². The van der Waals surface area contributed by atoms with E-state index >= 15 is 0 Å². The first-order chi connectivity index (χ1) is 18.6. The van der Waals surface area contributed by atoms with Crippen molar-refractivity contribution >= 4 is 33.5 Å². The summed E-state index contributed by atoms with van der Waals surface area (Å²) in [4.78, 5) is 30.3. The minimum Gasteiger partial charge on any atom is -0.478 e. The number of hydrogen-bond donors (Lipinski definition) is 1. The first-order valence-corrected chi connectivity index (χ1v) is 14.3. The minimum atomic E-state index is -4.36. The number of amides is 1. The third-order valence-corrected chi connectivity index (χ3v) is 10.1. The zero-order valence-corrected chi connectivity index (χ0v) is 24.8. The number of hydrogen-bond acceptors (Lipinski definition) is 6. The molecule has 2 aliphatic rings. The molecule has 0 atom stereocenters. The fourth-order valence-electron chi connectivity index (χ4n) is 6.06. The summed E-state index contributed by atoms with van der Waals surface area (Å²) in [5.41, 5.74) is 3.01. The smallest absolute Gasteiger partial charge is 0.335 e. The molecule has 0 bridgehead atoms. The Morgan fingerprint density at radius 3 is 1.68 bits per heavy atom. The highest BCUT2D eigenvalue weighted by Gasteiger charge is 2.62. The summed E-state index contributed by atoms with van der Waals surface area (Å²) in [7, 11) is 6.15. The summed E-state index contributed by atoms with van der Waals surface area (Å²) in [6.07, 6.45) is 0. The molecule has 210 valence electrons. The minimum absolute atomic E-state index is 0.0298. The van der Waals surface area contributed by atoms with Gasteiger partial charge in [0.15, 0.2) is 0 Å². The normalized spacial score (nSPS) is 16.5. The summed E-state index contributed by atoms with van der Waals surface area (Å²) in [5, 5.41) is 9.92. The van der Waals surface area contributed by atoms with E-state index in [1.165, 1.54) is 32.3 Å². The molecule has 0 saturated carbocycles. The van der Waals surface area contributed by atoms with Gasteiger partial charge in [-0.05, 0) is 64.7 Å². The molecule has 0 radical (unpaired) electrons. The second-order valence-electron chi connectivity index (χ2n) is 11.5. The molecule has 1 aliphatic carbocycles. The van der Waals surface area contributed by atoms with Crippen LogP contribution in [0.25, 0.3) is 0 Å². The molecule has 10 heteroatoms. The molecule has 0 saturated heterocycles. The van der Waals surface area contributed by atoms with Gasteiger partial charge in [-0.15, -0.1) is 0 Å². The van der Waals surface area contributed by atoms with Crippen molar-refractivity contribution in [1.82, 2.24) is 8.61 Å². The molecule has 1 heterocycles. The van der Waals surface area contributed by atoms with Crippen LogP contribution in [0.5, 0.6) is 0 Å². The lowest BCUT2D eigenvalue weighted by atomic mass is 9.60. The number of carbonyl (C=O) groups excluding carboxylic acids is 1. The molecule has 0 fully saturated rings. The molecule has 3 aromatic rings. The second kappa shape index (κ2) is 8.81. The van der Waals surface area contributed by atoms with Gasteiger partial charge < -0.3 is 14.9 Å². The Morgan fingerprint density at radius 1 is 0.750 bits per heavy atom. The van der Waals surface area contributed by atoms with Crippen LogP contribution in [0, 0.1) is 0 Å². The summed E-state index contributed by atoms with van der Waals surface area (Å²) in [6, 6.07) is 15.9. The predicted molar refractivity (Wildman–Crippen MR) is 156 cm³/mol. The summed E-state index contributed by atoms with van der Waals surface area (Å²) < 4.78 is 30.2. The van der Waals surface area contributed by atoms with E-state index in [0.717, 1.165) is 31.1 Å². The van der Waals surface area contributed by atoms with Crippen LogP contribution in [0.2, 0.25) is 0 Å². The fourth-order valence-corrected chi connectivity index (χ4v) is 7.34. The zero-order chi connectivity index (χ0) is 29.5. The molecule has 0 aromatic heterocycles. The molecule has 9 nitrogen and oxygen atoms in total. The third kappa shape index (κ3) is 3.52. The summed E-state index contributed by atoms with van der Waals surface area (Å²) >= 11 is 0. The molecule has 1 aliphatic heterocycles. The van der Waals surface area contributed by atoms with E-state index in [9.17, 15) is 23.1 Å². The van der Waals surface area contributed by atoms with Gasteiger partial charge in [0.05, 0.1) is 5.56 Å². The molecule has 40 heavy (non-hydrogen) atoms. The van der Waals surface area contributed by atoms with E-state index in [1.807, 2.05) is 74.4 Å². The lowest BCUT2D eigenvalue weighted by Gasteiger charge is -2.49. The van der Waals surface area contributed by atoms with E-state index in [4.69, 9.17) is 0 Å². The number of benzene rings is 3. The molecular formula is C30H34N4O5S. The van der Waals surface area contributed by atoms with E-state index in [0.29, 0.717) is 16.7 Å². The molecular weight excluding hydrogens is 528 g/mol. The Hall–Kier alpha value is -3.89. The maximum atomic E-state index is 14.2. The van der Waals surface area contributed by atoms with Crippen molar-refractivity contribution < 1.29 is 23.1 Å². The van der Waals surface area contributed by atoms with Crippen LogP contribution in [-0.4, -0.2) is 76.3 Å². The SMILES string of the molecule is CN(C)c1ccc2c(c1)C(C)(C)c1cc(N(C)C)ccc1C21c2cc(C(=O)O)ccc2C(=O)N1S(=O)(=O)N(C)C. The Balaban J connectivity index is 2.06. The van der Waals surface area contributed by atoms with Crippen molar-refractivity contribution in [3.63, 3.8) is 0 Å². The van der Waals surface area contributed by atoms with Crippen molar-refractivity contribution in [1.29, 1.82) is 0 Å². The first kappa shape index (κ1) is 27.7. The Kier molecular flexibility index (Phi) is 6.09. The monoisotopic (exact) mass is 562 g/mol. The van der Waals surface area contributed by atoms with Crippen LogP contribution in [0.3, 0.4) is 0 Å². The maximum absolute atomic E-state index is 14.2. The van der Waals surface area contributed by atoms with Gasteiger partial charge >= 0.3 is 16.2 Å². The Morgan fingerprint density at radius 2 is 1.25 bits per heavy atom. The maximum Gasteiger partial charge on any atom is 0.335 e. The number of fused-ring (bicyclic) bond motifs is 6. The number of nitrogens with zero attached hydrogens (tertiary/aromatic N) is 4. The lowest BCUT2D eigenvalue weighted by Crippen LogP contribution is -2.55. The molecule has 1 N–H and O–H groups in total. The fraction of sp³-hybridized carbons (Fsp3) is 0.333. The first-order valence-electron chi connectivity index (χ1n) is 12.9. The largest absolute Gasteiger partial charge is 0.478 e. The molecule has 1 spiro atoms. The van der Waals surface area contributed by atoms with Gasteiger partial charge in [0.2, 0.25) is 0 Å². The number of carboxylic acid groups (broad SMARTS) is 1. The Bertz CT molecular complexity index is 1630. The van der Waals surface area contributed by atoms with Crippen LogP contribution in [0.15, 0.2) is 54.6 Å². The van der Waals surface area contributed by atoms with Gasteiger partial charge in [0.1, 0.15) is 5.54 Å². The number of aromatic carboxylic acids is 1. The van der Waals surface area contributed by atoms with Crippen LogP contribution < -0.4 is 9.80 Å². The standard InChI is InChI=1S/C30H34N4O5S/c1-29(2)25-16-19(31(3)4)10-13-22(25)30(23-14-11-20(32(5)6)17-26(23)29)24-15-18(28(36)37)9-12-21(24)27(35)34(30)40(38,39)33(7)8/h9-17H,1-8H3,(H,36,37). The highest BCUT2D eigenvalue weighted by atomic mass is 32.2. The van der Waals surface area contributed by atoms with E-state index in [2.05, 4.69) is 13.8 Å². The highest BCUT2D eigenvalue weighted by molar-refractivity contribution is 7.87. The average molecular weight is 563 g/mol. The summed E-state index contributed by atoms with van der Waals surface area (Å²) in [5.74, 6) is -1.87. The van der Waals surface area contributed by atoms with Gasteiger partial charge in [-0.3, -0.25) is 4.79 Å². The van der Waals surface area contributed by atoms with Gasteiger partial charge in [0, 0.05) is 70.2 Å². The van der Waals surface area contributed by atoms with Gasteiger partial charge in [-0.2, -0.15) is 12.7 Å². The number of rotatable bonds is 5. The van der Waals surface area contributed by atoms with Crippen molar-refractivity contribution in [3.05, 3.63) is 93.5 Å². The highest BCUT2D eigenvalue weighted by Crippen LogP contribution is 2.59. The van der Waals surface area contributed by atoms with Crippen LogP contribution in [0.1, 0.15) is 62.4 Å². The topological polar surface area (TPSA) is 101 Å². The zero-order valence-electron chi connectivity index (χ0n) is 24.0. The van der Waals surface area contributed by atoms with Gasteiger partial charge in [-0.25, -0.2) is 9.10 Å². The van der Waals surface area contributed by atoms with Crippen molar-refractivity contribution in [2.45, 2.75) is 24.8 Å². The van der Waals surface area contributed by atoms with Crippen molar-refractivity contribution in [3.8, 4) is 0 Å². The van der Waals surface area contributed by atoms with Crippen LogP contribution >= 0.6 is 0 Å². The quantitative estimate of drug-likeness (QED) is 0.506. The lowest BCUT2D eigenvalue weighted by molar-refractivity contribution is 0.0696. The van der Waals surface area contributed by atoms with Crippen LogP contribution in [-0.2, 0) is 21.2 Å². The van der Waals surface area contributed by atoms with E-state index in [-0.39, 0.29) is 11.1 Å². The molecule has 1 amide bonds. The average Bonchev–Trinajstić information content (AvgIpc) is 3.15. The number of carboxylic acids is 1. The number of anilines is 2. The molecule has 3 aromatic carbocycles. The second-order valence-corrected chi connectivity index (χ2v) is 13.5. The van der Waals surface area contributed by atoms with Crippen molar-refractivity contribution in [2.75, 3.05) is 52.1 Å². The van der Waals surface area contributed by atoms with Gasteiger partial charge in [-0.1, -0.05) is 26.0 Å². The van der Waals surface area contributed by atoms with Gasteiger partial charge in [0.25, 0.3) is 5.91 Å². The summed E-state index contributed by atoms with van der Waals surface area (Å²) in [6.45, 7) is 4.18. The third-order valence-electron chi connectivity index (χ3n) is 8.23. The number of carbonyl (C=O) groups is 2. The molecule has 0 unspecified atom stereocenters. The predicted octanol–water partition coefficient (Wildman–Crippen LogP) is 3.71. The van der Waals surface area contributed by atoms with E-state index in [1.54, 1.807) is 0 Å². The van der Waals surface area contributed by atoms with E-state index < -0.39 is 33.0 Å². The Labute approximate surface area is 235 Å². The van der Waals surface area contributed by atoms with Crippen LogP contribution in [0.4, 0.5) is 11.4 Å². The molecule has 5 rings (SSSR count).